The van der Waals surface area contributed by atoms with E-state index in [0.717, 1.165) is 0 Å². The molecule has 0 unspecified atom stereocenters. The van der Waals surface area contributed by atoms with E-state index >= 15 is 0 Å². The number of carbonyl (C=O) groups is 2. The minimum absolute atomic E-state index is 0.251. The maximum absolute atomic E-state index is 11.3. The molecule has 0 saturated heterocycles. The van der Waals surface area contributed by atoms with Crippen LogP contribution in [0.15, 0.2) is 0 Å². The summed E-state index contributed by atoms with van der Waals surface area (Å²) in [7, 11) is 2.72. The summed E-state index contributed by atoms with van der Waals surface area (Å²) in [5.41, 5.74) is -1.03. The van der Waals surface area contributed by atoms with E-state index < -0.39 is 10.8 Å². The van der Waals surface area contributed by atoms with Gasteiger partial charge in [-0.3, -0.25) is 9.59 Å². The number of carbonyl (C=O) groups excluding carboxylic acids is 2. The molecule has 4 heteroatoms. The largest absolute Gasteiger partial charge is 0.469 e. The second-order valence-electron chi connectivity index (χ2n) is 4.46. The highest BCUT2D eigenvalue weighted by Gasteiger charge is 2.58. The van der Waals surface area contributed by atoms with Gasteiger partial charge in [0.05, 0.1) is 25.0 Å². The van der Waals surface area contributed by atoms with Gasteiger partial charge in [-0.1, -0.05) is 0 Å². The highest BCUT2D eigenvalue weighted by atomic mass is 16.5. The number of rotatable bonds is 2. The molecule has 80 valence electrons. The Labute approximate surface area is 83.6 Å². The van der Waals surface area contributed by atoms with Crippen molar-refractivity contribution in [1.29, 1.82) is 0 Å². The fourth-order valence-corrected chi connectivity index (χ4v) is 2.45. The number of esters is 2. The second kappa shape index (κ2) is 3.26. The Balaban J connectivity index is 2.65. The summed E-state index contributed by atoms with van der Waals surface area (Å²) < 4.78 is 9.35. The summed E-state index contributed by atoms with van der Waals surface area (Å²) in [5, 5.41) is 0. The van der Waals surface area contributed by atoms with Gasteiger partial charge in [0.25, 0.3) is 0 Å². The molecule has 0 spiro atoms. The maximum atomic E-state index is 11.3. The Morgan fingerprint density at radius 1 is 0.929 bits per heavy atom. The van der Waals surface area contributed by atoms with Gasteiger partial charge in [0.15, 0.2) is 0 Å². The van der Waals surface area contributed by atoms with Crippen LogP contribution in [0.25, 0.3) is 0 Å². The van der Waals surface area contributed by atoms with Gasteiger partial charge in [-0.15, -0.1) is 0 Å². The predicted molar refractivity (Wildman–Crippen MR) is 49.5 cm³/mol. The molecule has 1 aliphatic rings. The van der Waals surface area contributed by atoms with E-state index in [9.17, 15) is 9.59 Å². The van der Waals surface area contributed by atoms with Crippen molar-refractivity contribution < 1.29 is 19.1 Å². The number of ether oxygens (including phenoxy) is 2. The molecule has 0 bridgehead atoms. The molecule has 4 nitrogen and oxygen atoms in total. The van der Waals surface area contributed by atoms with Crippen molar-refractivity contribution in [1.82, 2.24) is 0 Å². The summed E-state index contributed by atoms with van der Waals surface area (Å²) in [6.07, 6.45) is 0.999. The summed E-state index contributed by atoms with van der Waals surface area (Å²) in [4.78, 5) is 22.7. The van der Waals surface area contributed by atoms with Gasteiger partial charge < -0.3 is 9.47 Å². The molecule has 0 aromatic carbocycles. The molecule has 0 amide bonds. The first kappa shape index (κ1) is 11.0. The fraction of sp³-hybridized carbons (Fsp3) is 0.800. The monoisotopic (exact) mass is 200 g/mol. The molecule has 1 rings (SSSR count). The average molecular weight is 200 g/mol. The van der Waals surface area contributed by atoms with Crippen molar-refractivity contribution in [3.8, 4) is 0 Å². The fourth-order valence-electron chi connectivity index (χ4n) is 2.45. The molecule has 0 radical (unpaired) electrons. The van der Waals surface area contributed by atoms with E-state index in [1.54, 1.807) is 0 Å². The van der Waals surface area contributed by atoms with E-state index in [-0.39, 0.29) is 11.9 Å². The molecule has 0 aromatic rings. The second-order valence-corrected chi connectivity index (χ2v) is 4.46. The summed E-state index contributed by atoms with van der Waals surface area (Å²) in [6, 6.07) is 0. The third-order valence-electron chi connectivity index (χ3n) is 2.92. The third kappa shape index (κ3) is 1.49. The number of hydrogen-bond acceptors (Lipinski definition) is 4. The lowest BCUT2D eigenvalue weighted by Crippen LogP contribution is -2.52. The Kier molecular flexibility index (Phi) is 2.56. The molecule has 1 saturated carbocycles. The summed E-state index contributed by atoms with van der Waals surface area (Å²) in [6.45, 7) is 3.62. The third-order valence-corrected chi connectivity index (χ3v) is 2.92. The van der Waals surface area contributed by atoms with E-state index in [4.69, 9.17) is 0 Å². The van der Waals surface area contributed by atoms with Crippen LogP contribution in [0.5, 0.6) is 0 Å². The Bertz CT molecular complexity index is 237. The van der Waals surface area contributed by atoms with Crippen molar-refractivity contribution in [3.05, 3.63) is 0 Å². The van der Waals surface area contributed by atoms with Gasteiger partial charge >= 0.3 is 11.9 Å². The van der Waals surface area contributed by atoms with Gasteiger partial charge in [-0.2, -0.15) is 0 Å². The molecule has 0 atom stereocenters. The van der Waals surface area contributed by atoms with Crippen LogP contribution in [0.4, 0.5) is 0 Å². The molecular formula is C10H16O4. The van der Waals surface area contributed by atoms with Gasteiger partial charge in [0, 0.05) is 0 Å². The van der Waals surface area contributed by atoms with Crippen LogP contribution < -0.4 is 0 Å². The standard InChI is InChI=1S/C10H16O4/c1-9(7(11)13-3)5-10(2,6-9)8(12)14-4/h5-6H2,1-4H3. The van der Waals surface area contributed by atoms with Crippen molar-refractivity contribution in [2.24, 2.45) is 10.8 Å². The zero-order valence-electron chi connectivity index (χ0n) is 9.05. The highest BCUT2D eigenvalue weighted by Crippen LogP contribution is 2.55. The number of methoxy groups -OCH3 is 2. The van der Waals surface area contributed by atoms with Crippen LogP contribution in [-0.2, 0) is 19.1 Å². The van der Waals surface area contributed by atoms with Gasteiger partial charge in [-0.05, 0) is 26.7 Å². The molecule has 0 N–H and O–H groups in total. The zero-order valence-corrected chi connectivity index (χ0v) is 9.05. The molecule has 0 aromatic heterocycles. The lowest BCUT2D eigenvalue weighted by Gasteiger charge is -2.48. The first-order valence-corrected chi connectivity index (χ1v) is 4.55. The van der Waals surface area contributed by atoms with Crippen molar-refractivity contribution >= 4 is 11.9 Å². The molecule has 0 heterocycles. The number of hydrogen-bond donors (Lipinski definition) is 0. The van der Waals surface area contributed by atoms with Crippen LogP contribution in [0.3, 0.4) is 0 Å². The summed E-state index contributed by atoms with van der Waals surface area (Å²) in [5.74, 6) is -0.502. The first-order valence-electron chi connectivity index (χ1n) is 4.55. The smallest absolute Gasteiger partial charge is 0.311 e. The summed E-state index contributed by atoms with van der Waals surface area (Å²) >= 11 is 0. The molecule has 1 aliphatic carbocycles. The SMILES string of the molecule is COC(=O)C1(C)CC(C)(C(=O)OC)C1. The van der Waals surface area contributed by atoms with Gasteiger partial charge in [0.2, 0.25) is 0 Å². The lowest BCUT2D eigenvalue weighted by molar-refractivity contribution is -0.179. The predicted octanol–water partition coefficient (Wildman–Crippen LogP) is 1.14. The normalized spacial score (nSPS) is 35.7. The van der Waals surface area contributed by atoms with E-state index in [1.807, 2.05) is 13.8 Å². The Morgan fingerprint density at radius 3 is 1.43 bits per heavy atom. The topological polar surface area (TPSA) is 52.6 Å². The van der Waals surface area contributed by atoms with E-state index in [1.165, 1.54) is 14.2 Å². The highest BCUT2D eigenvalue weighted by molar-refractivity contribution is 5.85. The minimum Gasteiger partial charge on any atom is -0.469 e. The zero-order chi connectivity index (χ0) is 11.0. The van der Waals surface area contributed by atoms with Gasteiger partial charge in [0.1, 0.15) is 0 Å². The minimum atomic E-state index is -0.516. The Morgan fingerprint density at radius 2 is 1.21 bits per heavy atom. The quantitative estimate of drug-likeness (QED) is 0.627. The van der Waals surface area contributed by atoms with Crippen LogP contribution in [-0.4, -0.2) is 26.2 Å². The van der Waals surface area contributed by atoms with Crippen LogP contribution >= 0.6 is 0 Å². The first-order chi connectivity index (χ1) is 6.38. The van der Waals surface area contributed by atoms with Gasteiger partial charge in [-0.25, -0.2) is 0 Å². The molecular weight excluding hydrogens is 184 g/mol. The van der Waals surface area contributed by atoms with Crippen molar-refractivity contribution in [3.63, 3.8) is 0 Å². The van der Waals surface area contributed by atoms with Crippen molar-refractivity contribution in [2.75, 3.05) is 14.2 Å². The molecule has 0 aliphatic heterocycles. The van der Waals surface area contributed by atoms with Crippen LogP contribution in [0.2, 0.25) is 0 Å². The molecule has 14 heavy (non-hydrogen) atoms. The van der Waals surface area contributed by atoms with Crippen LogP contribution in [0.1, 0.15) is 26.7 Å². The van der Waals surface area contributed by atoms with Crippen molar-refractivity contribution in [2.45, 2.75) is 26.7 Å². The maximum Gasteiger partial charge on any atom is 0.311 e. The van der Waals surface area contributed by atoms with E-state index in [0.29, 0.717) is 12.8 Å². The molecule has 1 fully saturated rings. The Hall–Kier alpha value is -1.06. The average Bonchev–Trinajstić information content (AvgIpc) is 2.12. The van der Waals surface area contributed by atoms with Crippen LogP contribution in [0, 0.1) is 10.8 Å². The van der Waals surface area contributed by atoms with E-state index in [2.05, 4.69) is 9.47 Å². The lowest BCUT2D eigenvalue weighted by atomic mass is 9.54.